The van der Waals surface area contributed by atoms with E-state index < -0.39 is 0 Å². The number of hydrogen-bond acceptors (Lipinski definition) is 4. The van der Waals surface area contributed by atoms with Crippen LogP contribution in [0.5, 0.6) is 0 Å². The lowest BCUT2D eigenvalue weighted by Gasteiger charge is -2.28. The molecule has 1 fully saturated rings. The second kappa shape index (κ2) is 6.27. The summed E-state index contributed by atoms with van der Waals surface area (Å²) in [5, 5.41) is 9.42. The molecule has 0 aliphatic carbocycles. The summed E-state index contributed by atoms with van der Waals surface area (Å²) in [6.45, 7) is 2.36. The highest BCUT2D eigenvalue weighted by atomic mass is 32.2. The van der Waals surface area contributed by atoms with Crippen LogP contribution in [0.3, 0.4) is 0 Å². The largest absolute Gasteiger partial charge is 0.372 e. The van der Waals surface area contributed by atoms with Crippen LogP contribution >= 0.6 is 11.8 Å². The van der Waals surface area contributed by atoms with Gasteiger partial charge in [-0.25, -0.2) is 0 Å². The van der Waals surface area contributed by atoms with Crippen molar-refractivity contribution in [3.8, 4) is 11.3 Å². The van der Waals surface area contributed by atoms with E-state index >= 15 is 0 Å². The summed E-state index contributed by atoms with van der Waals surface area (Å²) in [6.07, 6.45) is 6.00. The van der Waals surface area contributed by atoms with Crippen molar-refractivity contribution < 1.29 is 0 Å². The summed E-state index contributed by atoms with van der Waals surface area (Å²) in [7, 11) is 0. The van der Waals surface area contributed by atoms with Crippen LogP contribution in [-0.2, 0) is 0 Å². The van der Waals surface area contributed by atoms with Gasteiger partial charge in [-0.05, 0) is 49.8 Å². The number of piperidine rings is 1. The molecule has 1 aromatic carbocycles. The van der Waals surface area contributed by atoms with E-state index in [0.29, 0.717) is 0 Å². The van der Waals surface area contributed by atoms with Gasteiger partial charge in [0.05, 0.1) is 5.69 Å². The van der Waals surface area contributed by atoms with E-state index in [9.17, 15) is 0 Å². The first-order valence-corrected chi connectivity index (χ1v) is 8.32. The molecule has 0 unspecified atom stereocenters. The van der Waals surface area contributed by atoms with Crippen LogP contribution in [0.25, 0.3) is 11.3 Å². The minimum Gasteiger partial charge on any atom is -0.372 e. The molecular weight excluding hydrogens is 266 g/mol. The molecular formula is C16H19N3S. The summed E-state index contributed by atoms with van der Waals surface area (Å²) >= 11 is 1.61. The Morgan fingerprint density at radius 3 is 2.25 bits per heavy atom. The van der Waals surface area contributed by atoms with Crippen LogP contribution < -0.4 is 4.90 Å². The average Bonchev–Trinajstić information content (AvgIpc) is 2.56. The molecule has 3 rings (SSSR count). The first-order valence-electron chi connectivity index (χ1n) is 7.10. The summed E-state index contributed by atoms with van der Waals surface area (Å²) in [6, 6.07) is 12.7. The zero-order valence-corrected chi connectivity index (χ0v) is 12.6. The van der Waals surface area contributed by atoms with E-state index in [4.69, 9.17) is 0 Å². The van der Waals surface area contributed by atoms with E-state index in [2.05, 4.69) is 39.4 Å². The molecule has 1 aromatic heterocycles. The van der Waals surface area contributed by atoms with E-state index in [-0.39, 0.29) is 0 Å². The molecule has 0 saturated carbocycles. The van der Waals surface area contributed by atoms with Crippen molar-refractivity contribution in [1.82, 2.24) is 10.2 Å². The molecule has 2 aromatic rings. The van der Waals surface area contributed by atoms with Crippen LogP contribution in [0, 0.1) is 0 Å². The van der Waals surface area contributed by atoms with Crippen LogP contribution in [0.1, 0.15) is 19.3 Å². The summed E-state index contributed by atoms with van der Waals surface area (Å²) in [5.74, 6) is 0. The highest BCUT2D eigenvalue weighted by Crippen LogP contribution is 2.24. The normalized spacial score (nSPS) is 15.3. The van der Waals surface area contributed by atoms with Crippen molar-refractivity contribution in [2.24, 2.45) is 0 Å². The third-order valence-corrected chi connectivity index (χ3v) is 4.37. The third-order valence-electron chi connectivity index (χ3n) is 3.73. The molecule has 0 bridgehead atoms. The predicted octanol–water partition coefficient (Wildman–Crippen LogP) is 3.86. The Kier molecular flexibility index (Phi) is 4.21. The third kappa shape index (κ3) is 2.96. The molecule has 0 amide bonds. The van der Waals surface area contributed by atoms with Gasteiger partial charge in [-0.15, -0.1) is 22.0 Å². The summed E-state index contributed by atoms with van der Waals surface area (Å²) in [4.78, 5) is 2.47. The van der Waals surface area contributed by atoms with Crippen molar-refractivity contribution >= 4 is 17.4 Å². The minimum atomic E-state index is 0.938. The SMILES string of the molecule is CSc1ccc(-c2ccc(N3CCCCC3)cc2)nn1. The maximum atomic E-state index is 4.28. The van der Waals surface area contributed by atoms with Crippen molar-refractivity contribution in [2.45, 2.75) is 24.3 Å². The van der Waals surface area contributed by atoms with Gasteiger partial charge in [-0.1, -0.05) is 12.1 Å². The number of nitrogens with zero attached hydrogens (tertiary/aromatic N) is 3. The van der Waals surface area contributed by atoms with Crippen molar-refractivity contribution in [3.05, 3.63) is 36.4 Å². The molecule has 104 valence electrons. The molecule has 1 aliphatic heterocycles. The fourth-order valence-electron chi connectivity index (χ4n) is 2.58. The Labute approximate surface area is 124 Å². The van der Waals surface area contributed by atoms with Crippen LogP contribution in [0.4, 0.5) is 5.69 Å². The van der Waals surface area contributed by atoms with Gasteiger partial charge < -0.3 is 4.90 Å². The molecule has 0 atom stereocenters. The van der Waals surface area contributed by atoms with Gasteiger partial charge in [0.25, 0.3) is 0 Å². The van der Waals surface area contributed by atoms with Gasteiger partial charge in [-0.3, -0.25) is 0 Å². The number of anilines is 1. The van der Waals surface area contributed by atoms with Crippen LogP contribution in [0.2, 0.25) is 0 Å². The van der Waals surface area contributed by atoms with Crippen molar-refractivity contribution in [3.63, 3.8) is 0 Å². The Morgan fingerprint density at radius 2 is 1.65 bits per heavy atom. The second-order valence-electron chi connectivity index (χ2n) is 5.06. The lowest BCUT2D eigenvalue weighted by Crippen LogP contribution is -2.29. The van der Waals surface area contributed by atoms with E-state index in [0.717, 1.165) is 16.3 Å². The summed E-state index contributed by atoms with van der Waals surface area (Å²) < 4.78 is 0. The lowest BCUT2D eigenvalue weighted by molar-refractivity contribution is 0.578. The molecule has 0 spiro atoms. The van der Waals surface area contributed by atoms with Crippen LogP contribution in [-0.4, -0.2) is 29.5 Å². The van der Waals surface area contributed by atoms with E-state index in [1.54, 1.807) is 11.8 Å². The molecule has 3 nitrogen and oxygen atoms in total. The first-order chi connectivity index (χ1) is 9.86. The Balaban J connectivity index is 1.77. The predicted molar refractivity (Wildman–Crippen MR) is 85.3 cm³/mol. The minimum absolute atomic E-state index is 0.938. The standard InChI is InChI=1S/C16H19N3S/c1-20-16-10-9-15(17-18-16)13-5-7-14(8-6-13)19-11-3-2-4-12-19/h5-10H,2-4,11-12H2,1H3. The van der Waals surface area contributed by atoms with Gasteiger partial charge in [0.2, 0.25) is 0 Å². The van der Waals surface area contributed by atoms with Gasteiger partial charge in [0, 0.05) is 24.3 Å². The number of aromatic nitrogens is 2. The molecule has 2 heterocycles. The highest BCUT2D eigenvalue weighted by molar-refractivity contribution is 7.98. The van der Waals surface area contributed by atoms with Crippen molar-refractivity contribution in [1.29, 1.82) is 0 Å². The molecule has 0 N–H and O–H groups in total. The zero-order chi connectivity index (χ0) is 13.8. The van der Waals surface area contributed by atoms with Crippen molar-refractivity contribution in [2.75, 3.05) is 24.2 Å². The quantitative estimate of drug-likeness (QED) is 0.801. The maximum absolute atomic E-state index is 4.28. The Morgan fingerprint density at radius 1 is 0.900 bits per heavy atom. The first kappa shape index (κ1) is 13.4. The Hall–Kier alpha value is -1.55. The molecule has 4 heteroatoms. The topological polar surface area (TPSA) is 29.0 Å². The van der Waals surface area contributed by atoms with Gasteiger partial charge in [0.15, 0.2) is 0 Å². The number of thioether (sulfide) groups is 1. The molecule has 1 aliphatic rings. The number of benzene rings is 1. The van der Waals surface area contributed by atoms with E-state index in [1.165, 1.54) is 38.0 Å². The van der Waals surface area contributed by atoms with E-state index in [1.807, 2.05) is 18.4 Å². The number of hydrogen-bond donors (Lipinski definition) is 0. The fourth-order valence-corrected chi connectivity index (χ4v) is 2.90. The lowest BCUT2D eigenvalue weighted by atomic mass is 10.1. The molecule has 0 radical (unpaired) electrons. The van der Waals surface area contributed by atoms with Crippen LogP contribution in [0.15, 0.2) is 41.4 Å². The summed E-state index contributed by atoms with van der Waals surface area (Å²) in [5.41, 5.74) is 3.39. The van der Waals surface area contributed by atoms with Gasteiger partial charge in [0.1, 0.15) is 5.03 Å². The average molecular weight is 285 g/mol. The maximum Gasteiger partial charge on any atom is 0.119 e. The van der Waals surface area contributed by atoms with Gasteiger partial charge in [-0.2, -0.15) is 0 Å². The monoisotopic (exact) mass is 285 g/mol. The smallest absolute Gasteiger partial charge is 0.119 e. The highest BCUT2D eigenvalue weighted by Gasteiger charge is 2.10. The molecule has 20 heavy (non-hydrogen) atoms. The second-order valence-corrected chi connectivity index (χ2v) is 5.88. The Bertz CT molecular complexity index is 545. The zero-order valence-electron chi connectivity index (χ0n) is 11.7. The number of rotatable bonds is 3. The van der Waals surface area contributed by atoms with Gasteiger partial charge >= 0.3 is 0 Å². The molecule has 1 saturated heterocycles. The fraction of sp³-hybridized carbons (Fsp3) is 0.375.